The molecule has 194 valence electrons. The Morgan fingerprint density at radius 2 is 1.70 bits per heavy atom. The van der Waals surface area contributed by atoms with E-state index in [0.717, 1.165) is 12.1 Å². The van der Waals surface area contributed by atoms with Crippen LogP contribution in [0.15, 0.2) is 59.6 Å². The third kappa shape index (κ3) is 5.71. The van der Waals surface area contributed by atoms with Crippen LogP contribution >= 0.6 is 0 Å². The van der Waals surface area contributed by atoms with E-state index in [0.29, 0.717) is 0 Å². The van der Waals surface area contributed by atoms with E-state index in [4.69, 9.17) is 11.0 Å². The van der Waals surface area contributed by atoms with Crippen molar-refractivity contribution in [2.75, 3.05) is 5.73 Å². The molecule has 2 aromatic carbocycles. The zero-order chi connectivity index (χ0) is 27.8. The van der Waals surface area contributed by atoms with E-state index in [1.165, 1.54) is 63.4 Å². The number of hydrogen-bond donors (Lipinski definition) is 1. The fourth-order valence-electron chi connectivity index (χ4n) is 3.32. The summed E-state index contributed by atoms with van der Waals surface area (Å²) in [4.78, 5) is 19.1. The second-order valence-corrected chi connectivity index (χ2v) is 10.5. The zero-order valence-electron chi connectivity index (χ0n) is 19.7. The summed E-state index contributed by atoms with van der Waals surface area (Å²) in [5, 5.41) is 9.14. The van der Waals surface area contributed by atoms with Crippen LogP contribution in [0.4, 0.5) is 23.4 Å². The van der Waals surface area contributed by atoms with Crippen LogP contribution in [0.2, 0.25) is 0 Å². The highest BCUT2D eigenvalue weighted by atomic mass is 32.2. The van der Waals surface area contributed by atoms with E-state index in [-0.39, 0.29) is 38.1 Å². The van der Waals surface area contributed by atoms with Crippen LogP contribution in [0.1, 0.15) is 26.3 Å². The number of hydroxylamine groups is 1. The van der Waals surface area contributed by atoms with Crippen molar-refractivity contribution in [2.45, 2.75) is 37.4 Å². The van der Waals surface area contributed by atoms with E-state index in [9.17, 15) is 26.4 Å². The van der Waals surface area contributed by atoms with Crippen molar-refractivity contribution in [2.24, 2.45) is 0 Å². The second kappa shape index (κ2) is 9.79. The lowest BCUT2D eigenvalue weighted by molar-refractivity contribution is -0.231. The Bertz CT molecular complexity index is 1510. The van der Waals surface area contributed by atoms with Crippen LogP contribution in [0, 0.1) is 17.1 Å². The van der Waals surface area contributed by atoms with Crippen molar-refractivity contribution < 1.29 is 35.6 Å². The number of pyridine rings is 1. The molecule has 0 unspecified atom stereocenters. The molecule has 2 N–H and O–H groups in total. The molecule has 0 radical (unpaired) electrons. The molecule has 3 aromatic rings. The molecular weight excluding hydrogens is 516 g/mol. The number of aromatic nitrogens is 1. The Labute approximate surface area is 209 Å². The van der Waals surface area contributed by atoms with Gasteiger partial charge in [0.2, 0.25) is 0 Å². The van der Waals surface area contributed by atoms with Crippen molar-refractivity contribution in [1.82, 2.24) is 9.45 Å². The van der Waals surface area contributed by atoms with Gasteiger partial charge in [0.15, 0.2) is 0 Å². The summed E-state index contributed by atoms with van der Waals surface area (Å²) in [7, 11) is -4.87. The zero-order valence-corrected chi connectivity index (χ0v) is 20.5. The number of nitrogens with two attached hydrogens (primary N) is 1. The van der Waals surface area contributed by atoms with Crippen LogP contribution in [0.5, 0.6) is 0 Å². The summed E-state index contributed by atoms with van der Waals surface area (Å²) in [6, 6.07) is 12.1. The van der Waals surface area contributed by atoms with E-state index in [2.05, 4.69) is 9.82 Å². The number of nitrogen functional groups attached to an aromatic ring is 1. The van der Waals surface area contributed by atoms with E-state index in [1.807, 2.05) is 6.07 Å². The molecule has 0 bridgehead atoms. The van der Waals surface area contributed by atoms with Gasteiger partial charge in [0.25, 0.3) is 10.0 Å². The normalized spacial score (nSPS) is 12.3. The maximum absolute atomic E-state index is 15.1. The molecule has 8 nitrogen and oxygen atoms in total. The first kappa shape index (κ1) is 27.6. The molecule has 37 heavy (non-hydrogen) atoms. The number of anilines is 1. The number of nitriles is 1. The van der Waals surface area contributed by atoms with E-state index >= 15 is 4.39 Å². The van der Waals surface area contributed by atoms with Gasteiger partial charge in [-0.15, -0.1) is 0 Å². The Hall–Kier alpha value is -4.02. The lowest BCUT2D eigenvalue weighted by Gasteiger charge is -2.32. The third-order valence-electron chi connectivity index (χ3n) is 4.96. The number of halogens is 4. The summed E-state index contributed by atoms with van der Waals surface area (Å²) in [6.07, 6.45) is -4.18. The number of hydrogen-bond acceptors (Lipinski definition) is 7. The molecule has 1 heterocycles. The van der Waals surface area contributed by atoms with Gasteiger partial charge >= 0.3 is 12.1 Å². The minimum atomic E-state index is -5.44. The highest BCUT2D eigenvalue weighted by Crippen LogP contribution is 2.35. The molecule has 0 aliphatic rings. The average Bonchev–Trinajstić information content (AvgIpc) is 2.81. The van der Waals surface area contributed by atoms with Crippen molar-refractivity contribution in [3.05, 3.63) is 66.1 Å². The lowest BCUT2D eigenvalue weighted by Crippen LogP contribution is -2.48. The van der Waals surface area contributed by atoms with Crippen LogP contribution in [0.3, 0.4) is 0 Å². The number of nitrogens with zero attached hydrogens (tertiary/aromatic N) is 3. The van der Waals surface area contributed by atoms with Gasteiger partial charge in [-0.05, 0) is 49.0 Å². The minimum absolute atomic E-state index is 0.0250. The predicted molar refractivity (Wildman–Crippen MR) is 125 cm³/mol. The number of sulfonamides is 1. The highest BCUT2D eigenvalue weighted by molar-refractivity contribution is 7.89. The minimum Gasteiger partial charge on any atom is -0.383 e. The highest BCUT2D eigenvalue weighted by Gasteiger charge is 2.47. The van der Waals surface area contributed by atoms with E-state index < -0.39 is 38.4 Å². The molecule has 0 saturated heterocycles. The third-order valence-corrected chi connectivity index (χ3v) is 6.93. The van der Waals surface area contributed by atoms with Crippen LogP contribution in [-0.2, 0) is 19.7 Å². The van der Waals surface area contributed by atoms with Gasteiger partial charge in [-0.1, -0.05) is 30.3 Å². The first-order valence-electron chi connectivity index (χ1n) is 10.5. The standard InChI is InChI=1S/C24H20F4N4O4S/c1-23(2,3)32(36-22(33)24(26,27)28)37(34,35)20-7-5-4-6-18(20)14-8-9-17(19(25)11-14)16-10-15(12-29)21(30)31-13-16/h4-11,13H,1-3H3,(H2,30,31). The summed E-state index contributed by atoms with van der Waals surface area (Å²) in [6.45, 7) is 3.71. The van der Waals surface area contributed by atoms with Gasteiger partial charge in [0.05, 0.1) is 16.0 Å². The van der Waals surface area contributed by atoms with Crippen molar-refractivity contribution in [3.8, 4) is 28.3 Å². The van der Waals surface area contributed by atoms with Crippen molar-refractivity contribution >= 4 is 21.8 Å². The number of rotatable bonds is 5. The molecule has 0 atom stereocenters. The smallest absolute Gasteiger partial charge is 0.383 e. The molecule has 0 amide bonds. The molecular formula is C24H20F4N4O4S. The predicted octanol–water partition coefficient (Wildman–Crippen LogP) is 4.82. The van der Waals surface area contributed by atoms with Gasteiger partial charge in [-0.2, -0.15) is 18.4 Å². The van der Waals surface area contributed by atoms with Gasteiger partial charge in [-0.25, -0.2) is 22.6 Å². The molecule has 1 aromatic heterocycles. The van der Waals surface area contributed by atoms with Gasteiger partial charge in [-0.3, -0.25) is 0 Å². The van der Waals surface area contributed by atoms with Crippen LogP contribution in [-0.4, -0.2) is 35.6 Å². The first-order valence-corrected chi connectivity index (χ1v) is 11.9. The summed E-state index contributed by atoms with van der Waals surface area (Å²) in [5.74, 6) is -3.54. The maximum atomic E-state index is 15.1. The first-order chi connectivity index (χ1) is 17.1. The summed E-state index contributed by atoms with van der Waals surface area (Å²) in [5.41, 5.74) is 4.33. The topological polar surface area (TPSA) is 126 Å². The number of carbonyl (C=O) groups is 1. The monoisotopic (exact) mass is 536 g/mol. The lowest BCUT2D eigenvalue weighted by atomic mass is 9.99. The summed E-state index contributed by atoms with van der Waals surface area (Å²) < 4.78 is 80.6. The number of carbonyl (C=O) groups excluding carboxylic acids is 1. The maximum Gasteiger partial charge on any atom is 0.492 e. The molecule has 0 spiro atoms. The van der Waals surface area contributed by atoms with Gasteiger partial charge in [0, 0.05) is 22.9 Å². The molecule has 13 heteroatoms. The Kier molecular flexibility index (Phi) is 7.30. The molecule has 0 aliphatic carbocycles. The van der Waals surface area contributed by atoms with Crippen LogP contribution < -0.4 is 5.73 Å². The number of alkyl halides is 3. The quantitative estimate of drug-likeness (QED) is 0.366. The Morgan fingerprint density at radius 1 is 1.05 bits per heavy atom. The largest absolute Gasteiger partial charge is 0.492 e. The fraction of sp³-hybridized carbons (Fsp3) is 0.208. The SMILES string of the molecule is CC(C)(C)N(OC(=O)C(F)(F)F)S(=O)(=O)c1ccccc1-c1ccc(-c2cnc(N)c(C#N)c2)c(F)c1. The molecule has 3 rings (SSSR count). The Morgan fingerprint density at radius 3 is 2.27 bits per heavy atom. The van der Waals surface area contributed by atoms with Gasteiger partial charge < -0.3 is 10.6 Å². The molecule has 0 fully saturated rings. The Balaban J connectivity index is 2.11. The fourth-order valence-corrected chi connectivity index (χ4v) is 5.10. The molecule has 0 saturated carbocycles. The van der Waals surface area contributed by atoms with Crippen LogP contribution in [0.25, 0.3) is 22.3 Å². The van der Waals surface area contributed by atoms with Gasteiger partial charge in [0.1, 0.15) is 17.7 Å². The van der Waals surface area contributed by atoms with Crippen molar-refractivity contribution in [1.29, 1.82) is 5.26 Å². The number of benzene rings is 2. The summed E-state index contributed by atoms with van der Waals surface area (Å²) >= 11 is 0. The molecule has 0 aliphatic heterocycles. The van der Waals surface area contributed by atoms with E-state index in [1.54, 1.807) is 0 Å². The van der Waals surface area contributed by atoms with Crippen molar-refractivity contribution in [3.63, 3.8) is 0 Å². The second-order valence-electron chi connectivity index (χ2n) is 8.74. The average molecular weight is 537 g/mol.